The fourth-order valence-corrected chi connectivity index (χ4v) is 1.84. The standard InChI is InChI=1S/C14H20N4O3/c1-10(2)21-12-6-4-11(5-7-12)14(3,13(19)20)16-8-9-17-18-15/h4-7,10,16H,8-9H2,1-3H3,(H,19,20). The molecule has 0 heterocycles. The Bertz CT molecular complexity index is 524. The molecule has 0 amide bonds. The number of nitrogens with one attached hydrogen (secondary N) is 1. The second-order valence-corrected chi connectivity index (χ2v) is 5.00. The van der Waals surface area contributed by atoms with E-state index < -0.39 is 11.5 Å². The van der Waals surface area contributed by atoms with Crippen molar-refractivity contribution in [3.05, 3.63) is 40.3 Å². The molecule has 0 aliphatic carbocycles. The van der Waals surface area contributed by atoms with Gasteiger partial charge in [0, 0.05) is 18.0 Å². The van der Waals surface area contributed by atoms with Crippen molar-refractivity contribution >= 4 is 5.97 Å². The molecule has 0 spiro atoms. The molecule has 114 valence electrons. The van der Waals surface area contributed by atoms with Crippen molar-refractivity contribution in [3.8, 4) is 5.75 Å². The Morgan fingerprint density at radius 2 is 2.10 bits per heavy atom. The van der Waals surface area contributed by atoms with Crippen LogP contribution >= 0.6 is 0 Å². The van der Waals surface area contributed by atoms with Crippen LogP contribution in [0.25, 0.3) is 10.4 Å². The maximum Gasteiger partial charge on any atom is 0.328 e. The molecule has 0 aromatic heterocycles. The number of nitrogens with zero attached hydrogens (tertiary/aromatic N) is 3. The Morgan fingerprint density at radius 1 is 1.48 bits per heavy atom. The molecule has 1 rings (SSSR count). The topological polar surface area (TPSA) is 107 Å². The summed E-state index contributed by atoms with van der Waals surface area (Å²) in [4.78, 5) is 14.2. The van der Waals surface area contributed by atoms with Crippen LogP contribution in [-0.2, 0) is 10.3 Å². The molecule has 0 saturated carbocycles. The lowest BCUT2D eigenvalue weighted by atomic mass is 9.92. The van der Waals surface area contributed by atoms with Crippen molar-refractivity contribution in [1.29, 1.82) is 0 Å². The zero-order valence-electron chi connectivity index (χ0n) is 12.4. The van der Waals surface area contributed by atoms with E-state index in [2.05, 4.69) is 15.3 Å². The highest BCUT2D eigenvalue weighted by atomic mass is 16.5. The summed E-state index contributed by atoms with van der Waals surface area (Å²) in [5.41, 5.74) is 7.58. The summed E-state index contributed by atoms with van der Waals surface area (Å²) < 4.78 is 5.53. The first-order valence-electron chi connectivity index (χ1n) is 6.66. The molecule has 1 atom stereocenters. The average molecular weight is 292 g/mol. The number of ether oxygens (including phenoxy) is 1. The van der Waals surface area contributed by atoms with Crippen LogP contribution in [0.1, 0.15) is 26.3 Å². The fraction of sp³-hybridized carbons (Fsp3) is 0.500. The largest absolute Gasteiger partial charge is 0.491 e. The summed E-state index contributed by atoms with van der Waals surface area (Å²) in [5, 5.41) is 15.7. The van der Waals surface area contributed by atoms with Crippen LogP contribution in [0.4, 0.5) is 0 Å². The van der Waals surface area contributed by atoms with Crippen LogP contribution < -0.4 is 10.1 Å². The van der Waals surface area contributed by atoms with E-state index in [0.717, 1.165) is 0 Å². The Labute approximate surface area is 123 Å². The molecule has 7 nitrogen and oxygen atoms in total. The van der Waals surface area contributed by atoms with Gasteiger partial charge in [0.25, 0.3) is 0 Å². The molecule has 21 heavy (non-hydrogen) atoms. The Kier molecular flexibility index (Phi) is 6.02. The average Bonchev–Trinajstić information content (AvgIpc) is 2.43. The van der Waals surface area contributed by atoms with Crippen LogP contribution in [0.15, 0.2) is 29.4 Å². The van der Waals surface area contributed by atoms with Gasteiger partial charge in [0.15, 0.2) is 0 Å². The lowest BCUT2D eigenvalue weighted by Crippen LogP contribution is -2.47. The minimum absolute atomic E-state index is 0.0590. The van der Waals surface area contributed by atoms with E-state index in [1.807, 2.05) is 13.8 Å². The lowest BCUT2D eigenvalue weighted by molar-refractivity contribution is -0.144. The van der Waals surface area contributed by atoms with Gasteiger partial charge in [0.1, 0.15) is 11.3 Å². The Hall–Kier alpha value is -2.24. The molecule has 0 radical (unpaired) electrons. The second kappa shape index (κ2) is 7.52. The van der Waals surface area contributed by atoms with Crippen LogP contribution in [-0.4, -0.2) is 30.3 Å². The molecule has 1 aromatic rings. The summed E-state index contributed by atoms with van der Waals surface area (Å²) in [7, 11) is 0. The van der Waals surface area contributed by atoms with Crippen LogP contribution in [0.3, 0.4) is 0 Å². The van der Waals surface area contributed by atoms with Gasteiger partial charge >= 0.3 is 5.97 Å². The zero-order valence-corrected chi connectivity index (χ0v) is 12.4. The van der Waals surface area contributed by atoms with E-state index in [9.17, 15) is 9.90 Å². The number of hydrogen-bond acceptors (Lipinski definition) is 4. The minimum Gasteiger partial charge on any atom is -0.491 e. The van der Waals surface area contributed by atoms with Crippen LogP contribution in [0.2, 0.25) is 0 Å². The molecule has 7 heteroatoms. The normalized spacial score (nSPS) is 13.3. The minimum atomic E-state index is -1.25. The van der Waals surface area contributed by atoms with Crippen molar-refractivity contribution in [1.82, 2.24) is 5.32 Å². The highest BCUT2D eigenvalue weighted by Crippen LogP contribution is 2.24. The van der Waals surface area contributed by atoms with Gasteiger partial charge in [-0.1, -0.05) is 17.2 Å². The van der Waals surface area contributed by atoms with E-state index in [1.54, 1.807) is 31.2 Å². The van der Waals surface area contributed by atoms with Crippen LogP contribution in [0, 0.1) is 0 Å². The van der Waals surface area contributed by atoms with E-state index in [0.29, 0.717) is 11.3 Å². The highest BCUT2D eigenvalue weighted by Gasteiger charge is 2.34. The summed E-state index contributed by atoms with van der Waals surface area (Å²) in [6.45, 7) is 5.88. The monoisotopic (exact) mass is 292 g/mol. The van der Waals surface area contributed by atoms with Gasteiger partial charge in [-0.05, 0) is 44.0 Å². The third-order valence-electron chi connectivity index (χ3n) is 2.98. The maximum atomic E-state index is 11.6. The molecule has 1 unspecified atom stereocenters. The third kappa shape index (κ3) is 4.66. The van der Waals surface area contributed by atoms with Gasteiger partial charge in [-0.15, -0.1) is 0 Å². The van der Waals surface area contributed by atoms with E-state index in [1.165, 1.54) is 0 Å². The molecule has 2 N–H and O–H groups in total. The predicted molar refractivity (Wildman–Crippen MR) is 79.2 cm³/mol. The van der Waals surface area contributed by atoms with E-state index in [-0.39, 0.29) is 19.2 Å². The summed E-state index contributed by atoms with van der Waals surface area (Å²) in [5.74, 6) is -0.309. The molecule has 0 aliphatic heterocycles. The first-order valence-corrected chi connectivity index (χ1v) is 6.66. The van der Waals surface area contributed by atoms with Gasteiger partial charge in [-0.25, -0.2) is 4.79 Å². The third-order valence-corrected chi connectivity index (χ3v) is 2.98. The van der Waals surface area contributed by atoms with E-state index in [4.69, 9.17) is 10.3 Å². The van der Waals surface area contributed by atoms with Gasteiger partial charge < -0.3 is 9.84 Å². The second-order valence-electron chi connectivity index (χ2n) is 5.00. The summed E-state index contributed by atoms with van der Waals surface area (Å²) in [6, 6.07) is 6.91. The van der Waals surface area contributed by atoms with Gasteiger partial charge in [0.2, 0.25) is 0 Å². The Morgan fingerprint density at radius 3 is 2.57 bits per heavy atom. The molecular formula is C14H20N4O3. The highest BCUT2D eigenvalue weighted by molar-refractivity contribution is 5.80. The molecule has 0 bridgehead atoms. The van der Waals surface area contributed by atoms with Gasteiger partial charge in [0.05, 0.1) is 6.10 Å². The van der Waals surface area contributed by atoms with E-state index >= 15 is 0 Å². The van der Waals surface area contributed by atoms with Crippen molar-refractivity contribution < 1.29 is 14.6 Å². The van der Waals surface area contributed by atoms with Crippen molar-refractivity contribution in [2.45, 2.75) is 32.4 Å². The zero-order chi connectivity index (χ0) is 15.9. The molecular weight excluding hydrogens is 272 g/mol. The lowest BCUT2D eigenvalue weighted by Gasteiger charge is -2.27. The number of azide groups is 1. The number of hydrogen-bond donors (Lipinski definition) is 2. The SMILES string of the molecule is CC(C)Oc1ccc(C(C)(NCCN=[N+]=[N-])C(=O)O)cc1. The first kappa shape index (κ1) is 16.8. The number of aliphatic carboxylic acids is 1. The van der Waals surface area contributed by atoms with Crippen molar-refractivity contribution in [3.63, 3.8) is 0 Å². The number of carbonyl (C=O) groups is 1. The number of carboxylic acids is 1. The molecule has 1 aromatic carbocycles. The maximum absolute atomic E-state index is 11.6. The number of benzene rings is 1. The Balaban J connectivity index is 2.88. The quantitative estimate of drug-likeness (QED) is 0.332. The predicted octanol–water partition coefficient (Wildman–Crippen LogP) is 2.67. The fourth-order valence-electron chi connectivity index (χ4n) is 1.84. The number of carboxylic acid groups (broad SMARTS) is 1. The smallest absolute Gasteiger partial charge is 0.328 e. The van der Waals surface area contributed by atoms with Crippen LogP contribution in [0.5, 0.6) is 5.75 Å². The van der Waals surface area contributed by atoms with Crippen molar-refractivity contribution in [2.24, 2.45) is 5.11 Å². The summed E-state index contributed by atoms with van der Waals surface area (Å²) >= 11 is 0. The van der Waals surface area contributed by atoms with Gasteiger partial charge in [-0.3, -0.25) is 5.32 Å². The number of rotatable bonds is 8. The van der Waals surface area contributed by atoms with Crippen molar-refractivity contribution in [2.75, 3.05) is 13.1 Å². The first-order chi connectivity index (χ1) is 9.90. The summed E-state index contributed by atoms with van der Waals surface area (Å²) in [6.07, 6.45) is 0.0590. The molecule has 0 saturated heterocycles. The molecule has 0 fully saturated rings. The molecule has 0 aliphatic rings. The van der Waals surface area contributed by atoms with Gasteiger partial charge in [-0.2, -0.15) is 0 Å².